The van der Waals surface area contributed by atoms with E-state index in [4.69, 9.17) is 0 Å². The Hall–Kier alpha value is -2.69. The Labute approximate surface area is 166 Å². The minimum Gasteiger partial charge on any atom is -0.343 e. The Morgan fingerprint density at radius 3 is 2.32 bits per heavy atom. The monoisotopic (exact) mass is 382 g/mol. The summed E-state index contributed by atoms with van der Waals surface area (Å²) >= 11 is 0. The quantitative estimate of drug-likeness (QED) is 0.756. The van der Waals surface area contributed by atoms with Crippen LogP contribution >= 0.6 is 0 Å². The first-order chi connectivity index (χ1) is 13.5. The van der Waals surface area contributed by atoms with Crippen LogP contribution in [0.25, 0.3) is 0 Å². The van der Waals surface area contributed by atoms with Crippen molar-refractivity contribution in [3.05, 3.63) is 66.0 Å². The first kappa shape index (κ1) is 20.1. The summed E-state index contributed by atoms with van der Waals surface area (Å²) in [5.74, 6) is -0.0920. The van der Waals surface area contributed by atoms with Gasteiger partial charge in [0.1, 0.15) is 5.82 Å². The Morgan fingerprint density at radius 2 is 1.68 bits per heavy atom. The average molecular weight is 382 g/mol. The molecule has 1 saturated heterocycles. The third-order valence-electron chi connectivity index (χ3n) is 5.41. The molecule has 3 rings (SSSR count). The zero-order chi connectivity index (χ0) is 19.9. The molecule has 0 spiro atoms. The highest BCUT2D eigenvalue weighted by Gasteiger charge is 2.24. The topological polar surface area (TPSA) is 40.6 Å². The predicted octanol–water partition coefficient (Wildman–Crippen LogP) is 4.05. The maximum Gasteiger partial charge on any atom is 0.224 e. The second-order valence-corrected chi connectivity index (χ2v) is 7.39. The van der Waals surface area contributed by atoms with Crippen LogP contribution in [0.1, 0.15) is 31.7 Å². The fraction of sp³-hybridized carbons (Fsp3) is 0.391. The Bertz CT molecular complexity index is 801. The molecule has 0 radical (unpaired) electrons. The minimum atomic E-state index is -0.452. The number of amides is 2. The van der Waals surface area contributed by atoms with E-state index in [0.717, 1.165) is 32.4 Å². The fourth-order valence-electron chi connectivity index (χ4n) is 3.82. The average Bonchev–Trinajstić information content (AvgIpc) is 2.70. The number of carbonyl (C=O) groups excluding carboxylic acids is 2. The van der Waals surface area contributed by atoms with Crippen molar-refractivity contribution in [1.29, 1.82) is 0 Å². The molecule has 2 aromatic carbocycles. The molecule has 1 aliphatic heterocycles. The highest BCUT2D eigenvalue weighted by molar-refractivity contribution is 5.92. The first-order valence-electron chi connectivity index (χ1n) is 9.89. The molecule has 4 nitrogen and oxygen atoms in total. The molecule has 2 aromatic rings. The molecule has 0 bridgehead atoms. The normalized spacial score (nSPS) is 14.7. The minimum absolute atomic E-state index is 0.0285. The van der Waals surface area contributed by atoms with Gasteiger partial charge >= 0.3 is 0 Å². The van der Waals surface area contributed by atoms with Crippen LogP contribution in [0.2, 0.25) is 0 Å². The van der Waals surface area contributed by atoms with Gasteiger partial charge in [-0.3, -0.25) is 9.59 Å². The van der Waals surface area contributed by atoms with E-state index in [1.807, 2.05) is 11.0 Å². The lowest BCUT2D eigenvalue weighted by molar-refractivity contribution is -0.132. The van der Waals surface area contributed by atoms with Gasteiger partial charge in [0.2, 0.25) is 11.8 Å². The summed E-state index contributed by atoms with van der Waals surface area (Å²) in [5.41, 5.74) is 1.57. The summed E-state index contributed by atoms with van der Waals surface area (Å²) in [7, 11) is 0. The molecule has 28 heavy (non-hydrogen) atoms. The number of benzene rings is 2. The molecule has 5 heteroatoms. The molecule has 0 aromatic heterocycles. The number of hydrogen-bond donors (Lipinski definition) is 0. The van der Waals surface area contributed by atoms with Crippen LogP contribution in [0, 0.1) is 11.7 Å². The van der Waals surface area contributed by atoms with Gasteiger partial charge in [0.15, 0.2) is 0 Å². The number of likely N-dealkylation sites (tertiary alicyclic amines) is 1. The molecule has 148 valence electrons. The Balaban J connectivity index is 1.50. The lowest BCUT2D eigenvalue weighted by Gasteiger charge is -2.33. The first-order valence-corrected chi connectivity index (χ1v) is 9.89. The van der Waals surface area contributed by atoms with E-state index in [2.05, 4.69) is 24.3 Å². The van der Waals surface area contributed by atoms with Crippen LogP contribution in [0.3, 0.4) is 0 Å². The number of piperidine rings is 1. The van der Waals surface area contributed by atoms with Gasteiger partial charge in [-0.25, -0.2) is 4.39 Å². The molecule has 0 saturated carbocycles. The summed E-state index contributed by atoms with van der Waals surface area (Å²) in [6.45, 7) is 3.08. The van der Waals surface area contributed by atoms with Crippen molar-refractivity contribution in [2.24, 2.45) is 5.92 Å². The van der Waals surface area contributed by atoms with Crippen molar-refractivity contribution in [2.45, 2.75) is 32.6 Å². The second kappa shape index (κ2) is 9.49. The van der Waals surface area contributed by atoms with E-state index in [0.29, 0.717) is 5.92 Å². The lowest BCUT2D eigenvalue weighted by Crippen LogP contribution is -2.41. The van der Waals surface area contributed by atoms with Crippen LogP contribution in [0.4, 0.5) is 10.1 Å². The highest BCUT2D eigenvalue weighted by atomic mass is 19.1. The smallest absolute Gasteiger partial charge is 0.224 e. The number of nitrogens with zero attached hydrogens (tertiary/aromatic N) is 2. The molecular weight excluding hydrogens is 355 g/mol. The van der Waals surface area contributed by atoms with E-state index in [1.54, 1.807) is 18.2 Å². The van der Waals surface area contributed by atoms with Crippen molar-refractivity contribution < 1.29 is 14.0 Å². The SMILES string of the molecule is CC(=O)N(CCC(=O)N1CCC(Cc2ccccc2)CC1)c1ccccc1F. The summed E-state index contributed by atoms with van der Waals surface area (Å²) in [6, 6.07) is 16.6. The summed E-state index contributed by atoms with van der Waals surface area (Å²) in [6.07, 6.45) is 3.24. The number of rotatable bonds is 6. The van der Waals surface area contributed by atoms with Gasteiger partial charge in [0.05, 0.1) is 5.69 Å². The molecule has 0 aliphatic carbocycles. The van der Waals surface area contributed by atoms with Crippen LogP contribution in [-0.2, 0) is 16.0 Å². The molecule has 1 aliphatic rings. The molecule has 1 fully saturated rings. The van der Waals surface area contributed by atoms with Gasteiger partial charge in [-0.1, -0.05) is 42.5 Å². The van der Waals surface area contributed by atoms with Gasteiger partial charge in [0.25, 0.3) is 0 Å². The van der Waals surface area contributed by atoms with Crippen LogP contribution in [0.15, 0.2) is 54.6 Å². The highest BCUT2D eigenvalue weighted by Crippen LogP contribution is 2.23. The Morgan fingerprint density at radius 1 is 1.04 bits per heavy atom. The van der Waals surface area contributed by atoms with Gasteiger partial charge in [-0.2, -0.15) is 0 Å². The summed E-state index contributed by atoms with van der Waals surface area (Å²) in [5, 5.41) is 0. The third kappa shape index (κ3) is 5.18. The molecule has 0 atom stereocenters. The van der Waals surface area contributed by atoms with Crippen molar-refractivity contribution in [3.63, 3.8) is 0 Å². The zero-order valence-corrected chi connectivity index (χ0v) is 16.3. The third-order valence-corrected chi connectivity index (χ3v) is 5.41. The zero-order valence-electron chi connectivity index (χ0n) is 16.3. The number of halogens is 1. The van der Waals surface area contributed by atoms with Crippen molar-refractivity contribution >= 4 is 17.5 Å². The fourth-order valence-corrected chi connectivity index (χ4v) is 3.82. The molecule has 0 unspecified atom stereocenters. The number of hydrogen-bond acceptors (Lipinski definition) is 2. The largest absolute Gasteiger partial charge is 0.343 e. The van der Waals surface area contributed by atoms with Crippen LogP contribution in [0.5, 0.6) is 0 Å². The van der Waals surface area contributed by atoms with E-state index >= 15 is 0 Å². The summed E-state index contributed by atoms with van der Waals surface area (Å²) in [4.78, 5) is 27.8. The van der Waals surface area contributed by atoms with Crippen molar-refractivity contribution in [2.75, 3.05) is 24.5 Å². The van der Waals surface area contributed by atoms with Gasteiger partial charge in [0, 0.05) is 33.0 Å². The maximum absolute atomic E-state index is 14.0. The number of para-hydroxylation sites is 1. The van der Waals surface area contributed by atoms with Gasteiger partial charge < -0.3 is 9.80 Å². The van der Waals surface area contributed by atoms with Crippen LogP contribution < -0.4 is 4.90 Å². The molecular formula is C23H27FN2O2. The standard InChI is InChI=1S/C23H27FN2O2/c1-18(27)26(22-10-6-5-9-21(22)24)16-13-23(28)25-14-11-20(12-15-25)17-19-7-3-2-4-8-19/h2-10,20H,11-17H2,1H3. The van der Waals surface area contributed by atoms with Gasteiger partial charge in [-0.05, 0) is 42.9 Å². The molecule has 2 amide bonds. The van der Waals surface area contributed by atoms with Crippen molar-refractivity contribution in [1.82, 2.24) is 4.90 Å². The number of anilines is 1. The predicted molar refractivity (Wildman–Crippen MR) is 108 cm³/mol. The Kier molecular flexibility index (Phi) is 6.80. The van der Waals surface area contributed by atoms with E-state index in [-0.39, 0.29) is 30.5 Å². The maximum atomic E-state index is 14.0. The van der Waals surface area contributed by atoms with E-state index in [1.165, 1.54) is 23.5 Å². The second-order valence-electron chi connectivity index (χ2n) is 7.39. The van der Waals surface area contributed by atoms with Crippen LogP contribution in [-0.4, -0.2) is 36.3 Å². The molecule has 1 heterocycles. The van der Waals surface area contributed by atoms with Crippen molar-refractivity contribution in [3.8, 4) is 0 Å². The van der Waals surface area contributed by atoms with E-state index in [9.17, 15) is 14.0 Å². The number of carbonyl (C=O) groups is 2. The van der Waals surface area contributed by atoms with E-state index < -0.39 is 5.82 Å². The molecule has 0 N–H and O–H groups in total. The lowest BCUT2D eigenvalue weighted by atomic mass is 9.90. The van der Waals surface area contributed by atoms with Gasteiger partial charge in [-0.15, -0.1) is 0 Å². The summed E-state index contributed by atoms with van der Waals surface area (Å²) < 4.78 is 14.0.